The number of H-pyrrole nitrogens is 2. The zero-order chi connectivity index (χ0) is 10.8. The molecule has 2 N–H and O–H groups in total. The van der Waals surface area contributed by atoms with Crippen molar-refractivity contribution in [3.63, 3.8) is 0 Å². The van der Waals surface area contributed by atoms with Crippen LogP contribution in [-0.4, -0.2) is 15.5 Å². The minimum absolute atomic E-state index is 0.293. The smallest absolute Gasteiger partial charge is 0.326 e. The Morgan fingerprint density at radius 1 is 1.27 bits per heavy atom. The SMILES string of the molecule is O=c1[nH]c(=O)c2cccc(OCBr)c2[nH]1. The minimum atomic E-state index is -0.543. The molecule has 0 atom stereocenters. The molecule has 5 nitrogen and oxygen atoms in total. The van der Waals surface area contributed by atoms with Gasteiger partial charge in [-0.15, -0.1) is 0 Å². The number of nitrogens with one attached hydrogen (secondary N) is 2. The fraction of sp³-hybridized carbons (Fsp3) is 0.111. The van der Waals surface area contributed by atoms with Crippen molar-refractivity contribution >= 4 is 26.8 Å². The summed E-state index contributed by atoms with van der Waals surface area (Å²) in [6.07, 6.45) is 0. The molecule has 1 heterocycles. The summed E-state index contributed by atoms with van der Waals surface area (Å²) < 4.78 is 5.22. The fourth-order valence-corrected chi connectivity index (χ4v) is 1.59. The largest absolute Gasteiger partial charge is 0.480 e. The number of fused-ring (bicyclic) bond motifs is 1. The summed E-state index contributed by atoms with van der Waals surface area (Å²) in [6, 6.07) is 4.98. The number of rotatable bonds is 2. The Hall–Kier alpha value is -1.56. The van der Waals surface area contributed by atoms with Gasteiger partial charge < -0.3 is 9.72 Å². The number of para-hydroxylation sites is 1. The first-order chi connectivity index (χ1) is 7.22. The summed E-state index contributed by atoms with van der Waals surface area (Å²) in [5, 5.41) is 0.396. The van der Waals surface area contributed by atoms with E-state index in [9.17, 15) is 9.59 Å². The van der Waals surface area contributed by atoms with E-state index in [4.69, 9.17) is 4.74 Å². The molecule has 1 aromatic carbocycles. The van der Waals surface area contributed by atoms with Gasteiger partial charge in [0.15, 0.2) is 0 Å². The van der Waals surface area contributed by atoms with Gasteiger partial charge in [0.2, 0.25) is 0 Å². The van der Waals surface area contributed by atoms with E-state index in [1.165, 1.54) is 0 Å². The van der Waals surface area contributed by atoms with Crippen LogP contribution in [0, 0.1) is 0 Å². The van der Waals surface area contributed by atoms with Crippen LogP contribution >= 0.6 is 15.9 Å². The Morgan fingerprint density at radius 3 is 2.80 bits per heavy atom. The number of hydrogen-bond donors (Lipinski definition) is 2. The maximum absolute atomic E-state index is 11.4. The molecule has 2 aromatic rings. The first-order valence-corrected chi connectivity index (χ1v) is 5.28. The standard InChI is InChI=1S/C9H7BrN2O3/c10-4-15-6-3-1-2-5-7(6)11-9(14)12-8(5)13/h1-3H,4H2,(H2,11,12,13,14). The quantitative estimate of drug-likeness (QED) is 0.798. The van der Waals surface area contributed by atoms with E-state index in [1.54, 1.807) is 18.2 Å². The van der Waals surface area contributed by atoms with E-state index < -0.39 is 11.2 Å². The van der Waals surface area contributed by atoms with Crippen LogP contribution < -0.4 is 16.0 Å². The third kappa shape index (κ3) is 1.80. The average Bonchev–Trinajstić information content (AvgIpc) is 2.19. The maximum atomic E-state index is 11.4. The van der Waals surface area contributed by atoms with Crippen molar-refractivity contribution in [1.29, 1.82) is 0 Å². The first-order valence-electron chi connectivity index (χ1n) is 4.16. The van der Waals surface area contributed by atoms with Crippen molar-refractivity contribution in [2.45, 2.75) is 0 Å². The molecule has 0 bridgehead atoms. The molecule has 2 rings (SSSR count). The highest BCUT2D eigenvalue weighted by Gasteiger charge is 2.05. The van der Waals surface area contributed by atoms with Crippen molar-refractivity contribution < 1.29 is 4.74 Å². The lowest BCUT2D eigenvalue weighted by Crippen LogP contribution is -2.22. The highest BCUT2D eigenvalue weighted by molar-refractivity contribution is 9.09. The molecular formula is C9H7BrN2O3. The van der Waals surface area contributed by atoms with Gasteiger partial charge in [-0.2, -0.15) is 0 Å². The van der Waals surface area contributed by atoms with Crippen molar-refractivity contribution in [1.82, 2.24) is 9.97 Å². The molecule has 0 radical (unpaired) electrons. The number of ether oxygens (including phenoxy) is 1. The van der Waals surface area contributed by atoms with Gasteiger partial charge in [0, 0.05) is 0 Å². The zero-order valence-electron chi connectivity index (χ0n) is 7.54. The molecule has 78 valence electrons. The number of aromatic amines is 2. The minimum Gasteiger partial charge on any atom is -0.480 e. The predicted octanol–water partition coefficient (Wildman–Crippen LogP) is 0.948. The molecule has 0 saturated heterocycles. The van der Waals surface area contributed by atoms with Gasteiger partial charge in [-0.1, -0.05) is 6.07 Å². The van der Waals surface area contributed by atoms with Gasteiger partial charge in [-0.05, 0) is 28.1 Å². The van der Waals surface area contributed by atoms with E-state index in [0.717, 1.165) is 0 Å². The highest BCUT2D eigenvalue weighted by Crippen LogP contribution is 2.20. The van der Waals surface area contributed by atoms with Gasteiger partial charge in [0.25, 0.3) is 5.56 Å². The molecule has 0 fully saturated rings. The number of aromatic nitrogens is 2. The Balaban J connectivity index is 2.85. The van der Waals surface area contributed by atoms with Crippen LogP contribution in [0.3, 0.4) is 0 Å². The van der Waals surface area contributed by atoms with Crippen LogP contribution in [0.2, 0.25) is 0 Å². The molecule has 0 unspecified atom stereocenters. The van der Waals surface area contributed by atoms with Gasteiger partial charge in [0.1, 0.15) is 11.3 Å². The van der Waals surface area contributed by atoms with E-state index >= 15 is 0 Å². The van der Waals surface area contributed by atoms with Crippen molar-refractivity contribution in [3.05, 3.63) is 39.0 Å². The number of benzene rings is 1. The maximum Gasteiger partial charge on any atom is 0.326 e. The molecular weight excluding hydrogens is 264 g/mol. The van der Waals surface area contributed by atoms with Gasteiger partial charge >= 0.3 is 5.69 Å². The zero-order valence-corrected chi connectivity index (χ0v) is 9.13. The summed E-state index contributed by atoms with van der Waals surface area (Å²) in [6.45, 7) is 0. The van der Waals surface area contributed by atoms with E-state index in [-0.39, 0.29) is 0 Å². The average molecular weight is 271 g/mol. The highest BCUT2D eigenvalue weighted by atomic mass is 79.9. The van der Waals surface area contributed by atoms with Gasteiger partial charge in [-0.25, -0.2) is 4.79 Å². The molecule has 6 heteroatoms. The topological polar surface area (TPSA) is 74.9 Å². The fourth-order valence-electron chi connectivity index (χ4n) is 1.34. The Morgan fingerprint density at radius 2 is 2.07 bits per heavy atom. The van der Waals surface area contributed by atoms with Gasteiger partial charge in [0.05, 0.1) is 10.9 Å². The van der Waals surface area contributed by atoms with Crippen LogP contribution in [-0.2, 0) is 0 Å². The second kappa shape index (κ2) is 3.90. The van der Waals surface area contributed by atoms with Crippen LogP contribution in [0.4, 0.5) is 0 Å². The molecule has 1 aromatic heterocycles. The van der Waals surface area contributed by atoms with Crippen molar-refractivity contribution in [2.24, 2.45) is 0 Å². The predicted molar refractivity (Wildman–Crippen MR) is 59.6 cm³/mol. The van der Waals surface area contributed by atoms with Crippen LogP contribution in [0.25, 0.3) is 10.9 Å². The lowest BCUT2D eigenvalue weighted by atomic mass is 10.2. The van der Waals surface area contributed by atoms with E-state index in [1.807, 2.05) is 0 Å². The second-order valence-corrected chi connectivity index (χ2v) is 3.30. The first kappa shape index (κ1) is 9.97. The lowest BCUT2D eigenvalue weighted by molar-refractivity contribution is 0.402. The lowest BCUT2D eigenvalue weighted by Gasteiger charge is -2.04. The summed E-state index contributed by atoms with van der Waals surface area (Å²) in [5.41, 5.74) is -0.265. The third-order valence-electron chi connectivity index (χ3n) is 1.95. The van der Waals surface area contributed by atoms with Crippen molar-refractivity contribution in [3.8, 4) is 5.75 Å². The van der Waals surface area contributed by atoms with Crippen LogP contribution in [0.1, 0.15) is 0 Å². The molecule has 0 spiro atoms. The Bertz CT molecular complexity index is 602. The summed E-state index contributed by atoms with van der Waals surface area (Å²) in [5.74, 6) is 0.465. The van der Waals surface area contributed by atoms with E-state index in [0.29, 0.717) is 22.2 Å². The molecule has 0 aliphatic carbocycles. The normalized spacial score (nSPS) is 10.5. The van der Waals surface area contributed by atoms with Crippen LogP contribution in [0.15, 0.2) is 27.8 Å². The third-order valence-corrected chi connectivity index (χ3v) is 2.18. The summed E-state index contributed by atoms with van der Waals surface area (Å²) in [7, 11) is 0. The second-order valence-electron chi connectivity index (χ2n) is 2.84. The summed E-state index contributed by atoms with van der Waals surface area (Å²) >= 11 is 3.11. The molecule has 15 heavy (non-hydrogen) atoms. The Kier molecular flexibility index (Phi) is 2.59. The number of hydrogen-bond acceptors (Lipinski definition) is 3. The van der Waals surface area contributed by atoms with Gasteiger partial charge in [-0.3, -0.25) is 9.78 Å². The summed E-state index contributed by atoms with van der Waals surface area (Å²) in [4.78, 5) is 27.2. The number of halogens is 1. The number of alkyl halides is 1. The van der Waals surface area contributed by atoms with Crippen LogP contribution in [0.5, 0.6) is 5.75 Å². The monoisotopic (exact) mass is 270 g/mol. The molecule has 0 aliphatic rings. The molecule has 0 aliphatic heterocycles. The Labute approximate surface area is 92.2 Å². The molecule has 0 amide bonds. The molecule has 0 saturated carbocycles. The van der Waals surface area contributed by atoms with Crippen molar-refractivity contribution in [2.75, 3.05) is 5.52 Å². The van der Waals surface area contributed by atoms with E-state index in [2.05, 4.69) is 25.9 Å².